The number of carbonyl (C=O) groups is 2. The van der Waals surface area contributed by atoms with Crippen molar-refractivity contribution in [3.63, 3.8) is 0 Å². The van der Waals surface area contributed by atoms with E-state index in [1.54, 1.807) is 51.1 Å². The number of rotatable bonds is 12. The number of nitrogens with zero attached hydrogens (tertiary/aromatic N) is 2. The van der Waals surface area contributed by atoms with Gasteiger partial charge in [0.05, 0.1) is 51.7 Å². The van der Waals surface area contributed by atoms with Crippen LogP contribution in [0.2, 0.25) is 5.02 Å². The maximum Gasteiger partial charge on any atom is 0.343 e. The molecule has 1 aromatic heterocycles. The summed E-state index contributed by atoms with van der Waals surface area (Å²) >= 11 is 13.7. The Labute approximate surface area is 313 Å². The molecule has 0 saturated carbocycles. The van der Waals surface area contributed by atoms with Crippen LogP contribution < -0.4 is 29.1 Å². The quantitative estimate of drug-likeness (QED) is 0.120. The molecule has 0 unspecified atom stereocenters. The average molecular weight is 882 g/mol. The van der Waals surface area contributed by atoms with E-state index in [0.29, 0.717) is 66.1 Å². The predicted molar refractivity (Wildman–Crippen MR) is 198 cm³/mol. The third-order valence-electron chi connectivity index (χ3n) is 7.29. The summed E-state index contributed by atoms with van der Waals surface area (Å²) in [5.74, 6) is -0.0385. The highest BCUT2D eigenvalue weighted by atomic mass is 127. The first-order valence-electron chi connectivity index (χ1n) is 15.1. The van der Waals surface area contributed by atoms with Crippen molar-refractivity contribution in [1.82, 2.24) is 4.57 Å². The summed E-state index contributed by atoms with van der Waals surface area (Å²) in [6.07, 6.45) is 1.72. The Hall–Kier alpha value is -3.66. The second-order valence-electron chi connectivity index (χ2n) is 10.5. The first-order chi connectivity index (χ1) is 23.5. The van der Waals surface area contributed by atoms with E-state index in [1.807, 2.05) is 30.3 Å². The molecule has 0 N–H and O–H groups in total. The van der Waals surface area contributed by atoms with Crippen molar-refractivity contribution in [3.05, 3.63) is 115 Å². The van der Waals surface area contributed by atoms with Gasteiger partial charge in [-0.1, -0.05) is 41.1 Å². The van der Waals surface area contributed by atoms with Crippen LogP contribution in [0.25, 0.3) is 6.08 Å². The van der Waals surface area contributed by atoms with Gasteiger partial charge in [-0.15, -0.1) is 0 Å². The predicted octanol–water partition coefficient (Wildman–Crippen LogP) is 6.35. The number of methoxy groups -OCH3 is 1. The molecule has 0 saturated heterocycles. The lowest BCUT2D eigenvalue weighted by atomic mass is 9.95. The van der Waals surface area contributed by atoms with Crippen LogP contribution in [0, 0.1) is 3.57 Å². The molecule has 5 rings (SSSR count). The maximum atomic E-state index is 14.2. The Bertz CT molecular complexity index is 2090. The molecule has 0 aliphatic carbocycles. The summed E-state index contributed by atoms with van der Waals surface area (Å²) in [6.45, 7) is 5.67. The second-order valence-corrected chi connectivity index (χ2v) is 14.1. The standard InChI is InChI=1S/C35H31BrClIN2O8S/c1-5-45-27-16-22(9-12-26(27)47-18-29(41)44-4)31-30(34(43)46-6-2)19(3)39-35-40(31)33(42)28(49-35)15-21-13-24(36)32(25(37)14-21)48-17-20-7-10-23(38)11-8-20/h7-16,31H,5-6,17-18H2,1-4H3/b28-15-/t31-/m0/s1. The average Bonchev–Trinajstić information content (AvgIpc) is 3.37. The van der Waals surface area contributed by atoms with Gasteiger partial charge in [-0.05, 0) is 118 Å². The molecule has 0 amide bonds. The van der Waals surface area contributed by atoms with Gasteiger partial charge in [0.2, 0.25) is 0 Å². The van der Waals surface area contributed by atoms with Crippen LogP contribution in [0.15, 0.2) is 80.1 Å². The lowest BCUT2D eigenvalue weighted by Gasteiger charge is -2.25. The molecule has 0 bridgehead atoms. The summed E-state index contributed by atoms with van der Waals surface area (Å²) in [5, 5.41) is 0.371. The van der Waals surface area contributed by atoms with Crippen LogP contribution in [0.4, 0.5) is 0 Å². The van der Waals surface area contributed by atoms with E-state index in [2.05, 4.69) is 48.3 Å². The van der Waals surface area contributed by atoms with Crippen molar-refractivity contribution in [2.45, 2.75) is 33.4 Å². The molecule has 1 aliphatic heterocycles. The van der Waals surface area contributed by atoms with E-state index >= 15 is 0 Å². The molecular formula is C35H31BrClIN2O8S. The minimum Gasteiger partial charge on any atom is -0.490 e. The van der Waals surface area contributed by atoms with Crippen LogP contribution in [-0.4, -0.2) is 43.4 Å². The van der Waals surface area contributed by atoms with E-state index in [4.69, 9.17) is 30.5 Å². The Balaban J connectivity index is 1.56. The Morgan fingerprint density at radius 1 is 1.04 bits per heavy atom. The van der Waals surface area contributed by atoms with Gasteiger partial charge in [-0.25, -0.2) is 14.6 Å². The minimum absolute atomic E-state index is 0.136. The number of carbonyl (C=O) groups excluding carboxylic acids is 2. The molecule has 49 heavy (non-hydrogen) atoms. The normalized spacial score (nSPS) is 14.2. The zero-order valence-corrected chi connectivity index (χ0v) is 32.2. The largest absolute Gasteiger partial charge is 0.490 e. The zero-order chi connectivity index (χ0) is 35.2. The van der Waals surface area contributed by atoms with Crippen molar-refractivity contribution in [3.8, 4) is 17.2 Å². The van der Waals surface area contributed by atoms with Crippen LogP contribution in [-0.2, 0) is 25.7 Å². The molecule has 2 heterocycles. The number of hydrogen-bond acceptors (Lipinski definition) is 10. The first-order valence-corrected chi connectivity index (χ1v) is 18.1. The SMILES string of the molecule is CCOC(=O)C1=C(C)N=c2s/c(=C\c3cc(Cl)c(OCc4ccc(I)cc4)c(Br)c3)c(=O)n2[C@H]1c1ccc(OCC(=O)OC)c(OCC)c1. The van der Waals surface area contributed by atoms with Crippen molar-refractivity contribution in [2.75, 3.05) is 26.9 Å². The fourth-order valence-electron chi connectivity index (χ4n) is 5.07. The van der Waals surface area contributed by atoms with E-state index in [9.17, 15) is 14.4 Å². The van der Waals surface area contributed by atoms with Gasteiger partial charge in [0.15, 0.2) is 28.7 Å². The van der Waals surface area contributed by atoms with E-state index in [0.717, 1.165) is 9.13 Å². The van der Waals surface area contributed by atoms with Gasteiger partial charge >= 0.3 is 11.9 Å². The van der Waals surface area contributed by atoms with Crippen LogP contribution in [0.3, 0.4) is 0 Å². The van der Waals surface area contributed by atoms with Gasteiger partial charge in [-0.2, -0.15) is 0 Å². The van der Waals surface area contributed by atoms with Crippen molar-refractivity contribution in [1.29, 1.82) is 0 Å². The van der Waals surface area contributed by atoms with Crippen LogP contribution in [0.5, 0.6) is 17.2 Å². The summed E-state index contributed by atoms with van der Waals surface area (Å²) < 4.78 is 31.2. The molecule has 1 atom stereocenters. The number of esters is 2. The van der Waals surface area contributed by atoms with Crippen molar-refractivity contribution < 1.29 is 33.3 Å². The molecule has 0 spiro atoms. The number of halogens is 3. The van der Waals surface area contributed by atoms with Gasteiger partial charge in [0, 0.05) is 3.57 Å². The number of aromatic nitrogens is 1. The highest BCUT2D eigenvalue weighted by Crippen LogP contribution is 2.37. The van der Waals surface area contributed by atoms with E-state index < -0.39 is 18.0 Å². The molecule has 0 radical (unpaired) electrons. The summed E-state index contributed by atoms with van der Waals surface area (Å²) in [5.41, 5.74) is 2.48. The third-order valence-corrected chi connectivity index (χ3v) is 9.86. The number of hydrogen-bond donors (Lipinski definition) is 0. The van der Waals surface area contributed by atoms with Crippen molar-refractivity contribution >= 4 is 79.5 Å². The van der Waals surface area contributed by atoms with E-state index in [1.165, 1.54) is 23.0 Å². The summed E-state index contributed by atoms with van der Waals surface area (Å²) in [7, 11) is 1.27. The highest BCUT2D eigenvalue weighted by molar-refractivity contribution is 14.1. The Morgan fingerprint density at radius 2 is 1.80 bits per heavy atom. The molecule has 10 nitrogen and oxygen atoms in total. The lowest BCUT2D eigenvalue weighted by molar-refractivity contribution is -0.143. The fraction of sp³-hybridized carbons (Fsp3) is 0.257. The smallest absolute Gasteiger partial charge is 0.343 e. The maximum absolute atomic E-state index is 14.2. The van der Waals surface area contributed by atoms with Crippen molar-refractivity contribution in [2.24, 2.45) is 4.99 Å². The summed E-state index contributed by atoms with van der Waals surface area (Å²) in [6, 6.07) is 15.7. The number of ether oxygens (including phenoxy) is 5. The molecule has 0 fully saturated rings. The third kappa shape index (κ3) is 8.39. The molecule has 14 heteroatoms. The monoisotopic (exact) mass is 880 g/mol. The Morgan fingerprint density at radius 3 is 2.47 bits per heavy atom. The zero-order valence-electron chi connectivity index (χ0n) is 26.9. The number of fused-ring (bicyclic) bond motifs is 1. The minimum atomic E-state index is -0.890. The molecular weight excluding hydrogens is 851 g/mol. The fourth-order valence-corrected chi connectivity index (χ4v) is 7.47. The second kappa shape index (κ2) is 16.4. The first kappa shape index (κ1) is 36.6. The topological polar surface area (TPSA) is 115 Å². The number of allylic oxidation sites excluding steroid dienone is 1. The van der Waals surface area contributed by atoms with Gasteiger partial charge in [0.1, 0.15) is 6.61 Å². The van der Waals surface area contributed by atoms with Gasteiger partial charge in [0.25, 0.3) is 5.56 Å². The summed E-state index contributed by atoms with van der Waals surface area (Å²) in [4.78, 5) is 44.3. The molecule has 1 aliphatic rings. The Kier molecular flexibility index (Phi) is 12.2. The molecule has 256 valence electrons. The number of benzene rings is 3. The molecule has 3 aromatic carbocycles. The van der Waals surface area contributed by atoms with Crippen LogP contribution >= 0.6 is 61.5 Å². The molecule has 4 aromatic rings. The highest BCUT2D eigenvalue weighted by Gasteiger charge is 2.34. The van der Waals surface area contributed by atoms with Gasteiger partial charge in [-0.3, -0.25) is 9.36 Å². The van der Waals surface area contributed by atoms with Gasteiger partial charge < -0.3 is 23.7 Å². The number of thiazole rings is 1. The van der Waals surface area contributed by atoms with Crippen LogP contribution in [0.1, 0.15) is 43.5 Å². The van der Waals surface area contributed by atoms with E-state index in [-0.39, 0.29) is 24.3 Å². The lowest BCUT2D eigenvalue weighted by Crippen LogP contribution is -2.40.